The topological polar surface area (TPSA) is 65.1 Å². The SMILES string of the molecule is CCOC(=O)C#C[C@](C)(OC(C)=O)[C@@]12CCCCC[C@@H]1O2. The van der Waals surface area contributed by atoms with Gasteiger partial charge in [0.05, 0.1) is 12.7 Å². The lowest BCUT2D eigenvalue weighted by Crippen LogP contribution is -2.46. The maximum Gasteiger partial charge on any atom is 0.384 e. The van der Waals surface area contributed by atoms with Crippen LogP contribution in [0.2, 0.25) is 0 Å². The van der Waals surface area contributed by atoms with Crippen molar-refractivity contribution in [2.45, 2.75) is 70.2 Å². The molecule has 0 amide bonds. The van der Waals surface area contributed by atoms with Gasteiger partial charge in [-0.15, -0.1) is 0 Å². The van der Waals surface area contributed by atoms with Crippen LogP contribution in [0.5, 0.6) is 0 Å². The average Bonchev–Trinajstić information content (AvgIpc) is 3.11. The number of carbonyl (C=O) groups excluding carboxylic acids is 2. The molecule has 21 heavy (non-hydrogen) atoms. The van der Waals surface area contributed by atoms with E-state index in [0.717, 1.165) is 32.1 Å². The van der Waals surface area contributed by atoms with Crippen molar-refractivity contribution in [1.82, 2.24) is 0 Å². The number of ether oxygens (including phenoxy) is 3. The van der Waals surface area contributed by atoms with Gasteiger partial charge in [0.1, 0.15) is 5.60 Å². The zero-order chi connectivity index (χ0) is 15.5. The highest BCUT2D eigenvalue weighted by atomic mass is 16.7. The van der Waals surface area contributed by atoms with E-state index in [1.165, 1.54) is 6.92 Å². The highest BCUT2D eigenvalue weighted by molar-refractivity contribution is 5.88. The summed E-state index contributed by atoms with van der Waals surface area (Å²) < 4.78 is 16.1. The van der Waals surface area contributed by atoms with Crippen LogP contribution >= 0.6 is 0 Å². The zero-order valence-electron chi connectivity index (χ0n) is 12.9. The summed E-state index contributed by atoms with van der Waals surface area (Å²) in [5, 5.41) is 0. The van der Waals surface area contributed by atoms with Gasteiger partial charge in [0, 0.05) is 12.8 Å². The second-order valence-corrected chi connectivity index (χ2v) is 5.69. The maximum atomic E-state index is 11.5. The minimum absolute atomic E-state index is 0.0563. The second-order valence-electron chi connectivity index (χ2n) is 5.69. The highest BCUT2D eigenvalue weighted by Gasteiger charge is 2.68. The van der Waals surface area contributed by atoms with Gasteiger partial charge in [0.2, 0.25) is 5.60 Å². The molecule has 2 aliphatic rings. The van der Waals surface area contributed by atoms with E-state index in [9.17, 15) is 9.59 Å². The number of epoxide rings is 1. The summed E-state index contributed by atoms with van der Waals surface area (Å²) in [5.74, 6) is 4.19. The van der Waals surface area contributed by atoms with E-state index in [2.05, 4.69) is 11.8 Å². The van der Waals surface area contributed by atoms with Crippen LogP contribution in [0.25, 0.3) is 0 Å². The van der Waals surface area contributed by atoms with Crippen molar-refractivity contribution >= 4 is 11.9 Å². The van der Waals surface area contributed by atoms with E-state index >= 15 is 0 Å². The molecule has 1 aliphatic heterocycles. The van der Waals surface area contributed by atoms with Crippen LogP contribution in [-0.4, -0.2) is 35.9 Å². The Morgan fingerprint density at radius 2 is 2.14 bits per heavy atom. The molecule has 0 N–H and O–H groups in total. The molecule has 0 bridgehead atoms. The molecule has 0 aromatic carbocycles. The molecule has 5 nitrogen and oxygen atoms in total. The molecule has 1 aliphatic carbocycles. The summed E-state index contributed by atoms with van der Waals surface area (Å²) in [7, 11) is 0. The van der Waals surface area contributed by atoms with Gasteiger partial charge in [-0.25, -0.2) is 4.79 Å². The number of esters is 2. The smallest absolute Gasteiger partial charge is 0.384 e. The Bertz CT molecular complexity index is 489. The molecule has 2 rings (SSSR count). The van der Waals surface area contributed by atoms with E-state index in [0.29, 0.717) is 0 Å². The summed E-state index contributed by atoms with van der Waals surface area (Å²) in [5.41, 5.74) is -1.69. The molecule has 5 heteroatoms. The molecule has 0 aromatic heterocycles. The molecule has 2 fully saturated rings. The first kappa shape index (κ1) is 15.8. The Morgan fingerprint density at radius 1 is 1.38 bits per heavy atom. The highest BCUT2D eigenvalue weighted by Crippen LogP contribution is 2.54. The maximum absolute atomic E-state index is 11.5. The monoisotopic (exact) mass is 294 g/mol. The molecule has 0 radical (unpaired) electrons. The minimum Gasteiger partial charge on any atom is -0.456 e. The molecule has 3 atom stereocenters. The van der Waals surface area contributed by atoms with Crippen LogP contribution in [0, 0.1) is 11.8 Å². The van der Waals surface area contributed by atoms with Gasteiger partial charge in [-0.2, -0.15) is 0 Å². The van der Waals surface area contributed by atoms with Crippen LogP contribution in [0.3, 0.4) is 0 Å². The predicted octanol–water partition coefficient (Wildman–Crippen LogP) is 1.98. The van der Waals surface area contributed by atoms with Crippen molar-refractivity contribution in [3.8, 4) is 11.8 Å². The van der Waals surface area contributed by atoms with Crippen molar-refractivity contribution in [3.05, 3.63) is 0 Å². The fourth-order valence-corrected chi connectivity index (χ4v) is 3.13. The van der Waals surface area contributed by atoms with Gasteiger partial charge >= 0.3 is 11.9 Å². The molecular formula is C16H22O5. The summed E-state index contributed by atoms with van der Waals surface area (Å²) in [6.45, 7) is 5.05. The Labute approximate surface area is 125 Å². The molecule has 0 aromatic rings. The van der Waals surface area contributed by atoms with Gasteiger partial charge in [0.25, 0.3) is 0 Å². The Balaban J connectivity index is 2.25. The predicted molar refractivity (Wildman–Crippen MR) is 75.3 cm³/mol. The fourth-order valence-electron chi connectivity index (χ4n) is 3.13. The van der Waals surface area contributed by atoms with E-state index in [4.69, 9.17) is 14.2 Å². The lowest BCUT2D eigenvalue weighted by Gasteiger charge is -2.30. The van der Waals surface area contributed by atoms with Gasteiger partial charge in [-0.1, -0.05) is 19.3 Å². The number of rotatable bonds is 3. The molecule has 0 spiro atoms. The van der Waals surface area contributed by atoms with Gasteiger partial charge in [0.15, 0.2) is 0 Å². The van der Waals surface area contributed by atoms with E-state index in [1.54, 1.807) is 13.8 Å². The third-order valence-corrected chi connectivity index (χ3v) is 4.16. The Kier molecular flexibility index (Phi) is 4.58. The number of fused-ring (bicyclic) bond motifs is 1. The van der Waals surface area contributed by atoms with Crippen LogP contribution in [0.1, 0.15) is 52.9 Å². The van der Waals surface area contributed by atoms with Crippen molar-refractivity contribution in [2.24, 2.45) is 0 Å². The molecule has 1 heterocycles. The third-order valence-electron chi connectivity index (χ3n) is 4.16. The number of hydrogen-bond donors (Lipinski definition) is 0. The average molecular weight is 294 g/mol. The number of carbonyl (C=O) groups is 2. The van der Waals surface area contributed by atoms with Crippen LogP contribution in [-0.2, 0) is 23.8 Å². The summed E-state index contributed by atoms with van der Waals surface area (Å²) in [4.78, 5) is 22.9. The van der Waals surface area contributed by atoms with Crippen LogP contribution in [0.15, 0.2) is 0 Å². The fraction of sp³-hybridized carbons (Fsp3) is 0.750. The first-order chi connectivity index (χ1) is 9.93. The quantitative estimate of drug-likeness (QED) is 0.345. The lowest BCUT2D eigenvalue weighted by molar-refractivity contribution is -0.156. The Hall–Kier alpha value is -1.54. The van der Waals surface area contributed by atoms with E-state index < -0.39 is 23.1 Å². The third kappa shape index (κ3) is 3.21. The molecule has 1 saturated heterocycles. The standard InChI is InChI=1S/C16H22O5/c1-4-19-14(18)9-11-15(3,20-12(2)17)16-10-7-5-6-8-13(16)21-16/h13H,4-8,10H2,1-3H3/t13-,15-,16+/m0/s1. The molecule has 1 saturated carbocycles. The van der Waals surface area contributed by atoms with Crippen LogP contribution < -0.4 is 0 Å². The van der Waals surface area contributed by atoms with E-state index in [-0.39, 0.29) is 12.7 Å². The first-order valence-corrected chi connectivity index (χ1v) is 7.51. The summed E-state index contributed by atoms with van der Waals surface area (Å²) in [6, 6.07) is 0. The lowest BCUT2D eigenvalue weighted by atomic mass is 9.82. The minimum atomic E-state index is -1.11. The molecular weight excluding hydrogens is 272 g/mol. The van der Waals surface area contributed by atoms with Crippen molar-refractivity contribution in [1.29, 1.82) is 0 Å². The molecule has 116 valence electrons. The first-order valence-electron chi connectivity index (χ1n) is 7.51. The van der Waals surface area contributed by atoms with Crippen molar-refractivity contribution in [2.75, 3.05) is 6.61 Å². The zero-order valence-corrected chi connectivity index (χ0v) is 12.9. The number of hydrogen-bond acceptors (Lipinski definition) is 5. The second kappa shape index (κ2) is 6.07. The summed E-state index contributed by atoms with van der Waals surface area (Å²) in [6.07, 6.45) is 5.04. The summed E-state index contributed by atoms with van der Waals surface area (Å²) >= 11 is 0. The molecule has 0 unspecified atom stereocenters. The van der Waals surface area contributed by atoms with Gasteiger partial charge in [-0.3, -0.25) is 4.79 Å². The van der Waals surface area contributed by atoms with Gasteiger partial charge < -0.3 is 14.2 Å². The Morgan fingerprint density at radius 3 is 2.81 bits per heavy atom. The van der Waals surface area contributed by atoms with Crippen molar-refractivity contribution in [3.63, 3.8) is 0 Å². The van der Waals surface area contributed by atoms with Crippen molar-refractivity contribution < 1.29 is 23.8 Å². The van der Waals surface area contributed by atoms with Crippen LogP contribution in [0.4, 0.5) is 0 Å². The van der Waals surface area contributed by atoms with E-state index in [1.807, 2.05) is 0 Å². The largest absolute Gasteiger partial charge is 0.456 e. The van der Waals surface area contributed by atoms with Gasteiger partial charge in [-0.05, 0) is 32.6 Å². The normalized spacial score (nSPS) is 29.8.